The number of carbonyl (C=O) groups excluding carboxylic acids is 1. The van der Waals surface area contributed by atoms with E-state index < -0.39 is 28.3 Å². The third-order valence-electron chi connectivity index (χ3n) is 4.20. The van der Waals surface area contributed by atoms with Gasteiger partial charge in [0, 0.05) is 0 Å². The van der Waals surface area contributed by atoms with Gasteiger partial charge in [-0.15, -0.1) is 0 Å². The molecule has 0 saturated carbocycles. The van der Waals surface area contributed by atoms with Gasteiger partial charge in [-0.05, 0) is 60.7 Å². The molecule has 1 N–H and O–H groups in total. The van der Waals surface area contributed by atoms with E-state index in [2.05, 4.69) is 5.32 Å². The van der Waals surface area contributed by atoms with Crippen LogP contribution in [0.25, 0.3) is 0 Å². The molecule has 0 saturated heterocycles. The van der Waals surface area contributed by atoms with Gasteiger partial charge in [0.1, 0.15) is 18.1 Å². The summed E-state index contributed by atoms with van der Waals surface area (Å²) in [6.45, 7) is -0.517. The normalized spacial score (nSPS) is 11.0. The van der Waals surface area contributed by atoms with Crippen LogP contribution in [-0.4, -0.2) is 28.0 Å². The fourth-order valence-electron chi connectivity index (χ4n) is 2.68. The Bertz CT molecular complexity index is 1140. The Morgan fingerprint density at radius 2 is 1.67 bits per heavy atom. The number of sulfonamides is 1. The summed E-state index contributed by atoms with van der Waals surface area (Å²) in [5.74, 6) is -0.635. The molecular weight excluding hydrogens is 431 g/mol. The van der Waals surface area contributed by atoms with Crippen LogP contribution in [0.15, 0.2) is 77.7 Å². The summed E-state index contributed by atoms with van der Waals surface area (Å²) in [6.07, 6.45) is 0. The number of ether oxygens (including phenoxy) is 1. The van der Waals surface area contributed by atoms with Crippen molar-refractivity contribution in [2.75, 3.05) is 23.3 Å². The molecule has 9 heteroatoms. The van der Waals surface area contributed by atoms with Crippen molar-refractivity contribution in [1.82, 2.24) is 0 Å². The Hall–Kier alpha value is -3.10. The lowest BCUT2D eigenvalue weighted by molar-refractivity contribution is -0.114. The molecule has 156 valence electrons. The van der Waals surface area contributed by atoms with Crippen LogP contribution in [0, 0.1) is 5.82 Å². The van der Waals surface area contributed by atoms with E-state index in [1.807, 2.05) is 0 Å². The monoisotopic (exact) mass is 448 g/mol. The van der Waals surface area contributed by atoms with Crippen molar-refractivity contribution in [2.24, 2.45) is 0 Å². The first kappa shape index (κ1) is 21.6. The number of para-hydroxylation sites is 1. The number of nitrogens with one attached hydrogen (secondary N) is 1. The van der Waals surface area contributed by atoms with Gasteiger partial charge in [-0.2, -0.15) is 0 Å². The first-order valence-corrected chi connectivity index (χ1v) is 10.6. The maximum absolute atomic E-state index is 13.3. The summed E-state index contributed by atoms with van der Waals surface area (Å²) in [6, 6.07) is 17.2. The lowest BCUT2D eigenvalue weighted by Crippen LogP contribution is -2.38. The molecule has 3 rings (SSSR count). The minimum atomic E-state index is -4.16. The molecule has 30 heavy (non-hydrogen) atoms. The van der Waals surface area contributed by atoms with E-state index in [0.29, 0.717) is 16.5 Å². The molecule has 6 nitrogen and oxygen atoms in total. The fraction of sp³-hybridized carbons (Fsp3) is 0.0952. The van der Waals surface area contributed by atoms with Crippen molar-refractivity contribution >= 4 is 38.9 Å². The summed E-state index contributed by atoms with van der Waals surface area (Å²) in [7, 11) is -2.67. The van der Waals surface area contributed by atoms with Gasteiger partial charge in [0.2, 0.25) is 5.91 Å². The van der Waals surface area contributed by atoms with Crippen LogP contribution in [0.1, 0.15) is 0 Å². The maximum atomic E-state index is 13.3. The van der Waals surface area contributed by atoms with Gasteiger partial charge in [-0.25, -0.2) is 12.8 Å². The predicted molar refractivity (Wildman–Crippen MR) is 114 cm³/mol. The lowest BCUT2D eigenvalue weighted by atomic mass is 10.3. The third kappa shape index (κ3) is 4.90. The van der Waals surface area contributed by atoms with Crippen LogP contribution in [0.3, 0.4) is 0 Å². The summed E-state index contributed by atoms with van der Waals surface area (Å²) in [4.78, 5) is 12.5. The van der Waals surface area contributed by atoms with E-state index in [9.17, 15) is 17.6 Å². The molecule has 0 atom stereocenters. The second-order valence-corrected chi connectivity index (χ2v) is 8.46. The molecule has 3 aromatic carbocycles. The van der Waals surface area contributed by atoms with E-state index >= 15 is 0 Å². The van der Waals surface area contributed by atoms with Gasteiger partial charge in [0.05, 0.1) is 28.4 Å². The van der Waals surface area contributed by atoms with Crippen molar-refractivity contribution in [3.05, 3.63) is 83.6 Å². The summed E-state index contributed by atoms with van der Waals surface area (Å²) in [5, 5.41) is 2.93. The van der Waals surface area contributed by atoms with E-state index in [1.165, 1.54) is 19.2 Å². The molecule has 0 aromatic heterocycles. The zero-order chi connectivity index (χ0) is 21.7. The minimum Gasteiger partial charge on any atom is -0.497 e. The molecule has 0 aliphatic heterocycles. The zero-order valence-corrected chi connectivity index (χ0v) is 17.5. The largest absolute Gasteiger partial charge is 0.497 e. The molecule has 0 aliphatic carbocycles. The highest BCUT2D eigenvalue weighted by molar-refractivity contribution is 7.92. The second-order valence-electron chi connectivity index (χ2n) is 6.19. The van der Waals surface area contributed by atoms with Gasteiger partial charge < -0.3 is 10.1 Å². The van der Waals surface area contributed by atoms with Crippen molar-refractivity contribution < 1.29 is 22.3 Å². The Morgan fingerprint density at radius 1 is 1.03 bits per heavy atom. The average Bonchev–Trinajstić information content (AvgIpc) is 2.74. The van der Waals surface area contributed by atoms with E-state index in [-0.39, 0.29) is 10.6 Å². The number of carbonyl (C=O) groups is 1. The molecule has 0 unspecified atom stereocenters. The van der Waals surface area contributed by atoms with Crippen LogP contribution in [-0.2, 0) is 14.8 Å². The summed E-state index contributed by atoms with van der Waals surface area (Å²) in [5.41, 5.74) is 0.604. The number of benzene rings is 3. The van der Waals surface area contributed by atoms with Gasteiger partial charge >= 0.3 is 0 Å². The molecule has 0 heterocycles. The third-order valence-corrected chi connectivity index (χ3v) is 6.31. The van der Waals surface area contributed by atoms with Gasteiger partial charge in [0.25, 0.3) is 10.0 Å². The Labute approximate surface area is 178 Å². The quantitative estimate of drug-likeness (QED) is 0.584. The Morgan fingerprint density at radius 3 is 2.27 bits per heavy atom. The van der Waals surface area contributed by atoms with E-state index in [0.717, 1.165) is 28.6 Å². The minimum absolute atomic E-state index is 0.148. The van der Waals surface area contributed by atoms with Crippen LogP contribution in [0.5, 0.6) is 5.75 Å². The number of nitrogens with zero attached hydrogens (tertiary/aromatic N) is 1. The molecule has 1 amide bonds. The standard InChI is InChI=1S/C21H18ClFN2O4S/c1-29-17-10-8-16(9-11-17)25(30(27,28)18-12-6-15(23)7-13-18)14-21(26)24-20-5-3-2-4-19(20)22/h2-13H,14H2,1H3,(H,24,26). The summed E-state index contributed by atoms with van der Waals surface area (Å²) >= 11 is 6.06. The highest BCUT2D eigenvalue weighted by atomic mass is 35.5. The number of anilines is 2. The first-order valence-electron chi connectivity index (χ1n) is 8.78. The second kappa shape index (κ2) is 9.15. The molecular formula is C21H18ClFN2O4S. The molecule has 3 aromatic rings. The highest BCUT2D eigenvalue weighted by Crippen LogP contribution is 2.27. The van der Waals surface area contributed by atoms with Crippen molar-refractivity contribution in [3.63, 3.8) is 0 Å². The van der Waals surface area contributed by atoms with Gasteiger partial charge in [-0.1, -0.05) is 23.7 Å². The Balaban J connectivity index is 1.95. The van der Waals surface area contributed by atoms with E-state index in [4.69, 9.17) is 16.3 Å². The van der Waals surface area contributed by atoms with Gasteiger partial charge in [0.15, 0.2) is 0 Å². The predicted octanol–water partition coefficient (Wildman–Crippen LogP) is 4.32. The topological polar surface area (TPSA) is 75.7 Å². The van der Waals surface area contributed by atoms with Gasteiger partial charge in [-0.3, -0.25) is 9.10 Å². The SMILES string of the molecule is COc1ccc(N(CC(=O)Nc2ccccc2Cl)S(=O)(=O)c2ccc(F)cc2)cc1. The molecule has 0 fully saturated rings. The molecule has 0 bridgehead atoms. The molecule has 0 aliphatic rings. The smallest absolute Gasteiger partial charge is 0.264 e. The van der Waals surface area contributed by atoms with Crippen LogP contribution >= 0.6 is 11.6 Å². The highest BCUT2D eigenvalue weighted by Gasteiger charge is 2.27. The van der Waals surface area contributed by atoms with Crippen LogP contribution in [0.2, 0.25) is 5.02 Å². The Kier molecular flexibility index (Phi) is 6.59. The maximum Gasteiger partial charge on any atom is 0.264 e. The zero-order valence-electron chi connectivity index (χ0n) is 15.9. The van der Waals surface area contributed by atoms with E-state index in [1.54, 1.807) is 36.4 Å². The van der Waals surface area contributed by atoms with Crippen molar-refractivity contribution in [1.29, 1.82) is 0 Å². The number of hydrogen-bond acceptors (Lipinski definition) is 4. The number of halogens is 2. The van der Waals surface area contributed by atoms with Crippen molar-refractivity contribution in [3.8, 4) is 5.75 Å². The van der Waals surface area contributed by atoms with Crippen LogP contribution < -0.4 is 14.4 Å². The molecule has 0 spiro atoms. The van der Waals surface area contributed by atoms with Crippen molar-refractivity contribution in [2.45, 2.75) is 4.90 Å². The van der Waals surface area contributed by atoms with Crippen LogP contribution in [0.4, 0.5) is 15.8 Å². The number of hydrogen-bond donors (Lipinski definition) is 1. The lowest BCUT2D eigenvalue weighted by Gasteiger charge is -2.24. The average molecular weight is 449 g/mol. The summed E-state index contributed by atoms with van der Waals surface area (Å²) < 4.78 is 45.8. The number of amides is 1. The number of methoxy groups -OCH3 is 1. The first-order chi connectivity index (χ1) is 14.3. The fourth-order valence-corrected chi connectivity index (χ4v) is 4.28. The molecule has 0 radical (unpaired) electrons. The number of rotatable bonds is 7.